The van der Waals surface area contributed by atoms with Crippen LogP contribution in [0.1, 0.15) is 45.0 Å². The highest BCUT2D eigenvalue weighted by Gasteiger charge is 2.27. The Balaban J connectivity index is 1.37. The number of thiophene rings is 1. The fourth-order valence-electron chi connectivity index (χ4n) is 3.78. The number of methoxy groups -OCH3 is 1. The van der Waals surface area contributed by atoms with Gasteiger partial charge in [-0.3, -0.25) is 4.79 Å². The zero-order valence-corrected chi connectivity index (χ0v) is 21.5. The number of ether oxygens (including phenoxy) is 2. The molecule has 1 N–H and O–H groups in total. The van der Waals surface area contributed by atoms with E-state index in [0.717, 1.165) is 47.4 Å². The number of anilines is 1. The van der Waals surface area contributed by atoms with Gasteiger partial charge in [-0.15, -0.1) is 21.5 Å². The van der Waals surface area contributed by atoms with Crippen LogP contribution in [0.4, 0.5) is 5.00 Å². The number of amides is 1. The molecule has 0 spiro atoms. The van der Waals surface area contributed by atoms with E-state index in [4.69, 9.17) is 21.1 Å². The summed E-state index contributed by atoms with van der Waals surface area (Å²) in [6.45, 7) is 2.16. The number of nitrogens with one attached hydrogen (secondary N) is 1. The lowest BCUT2D eigenvalue weighted by atomic mass is 9.95. The molecule has 1 aliphatic rings. The lowest BCUT2D eigenvalue weighted by molar-refractivity contribution is -0.113. The Morgan fingerprint density at radius 1 is 1.26 bits per heavy atom. The van der Waals surface area contributed by atoms with Crippen molar-refractivity contribution in [3.63, 3.8) is 0 Å². The van der Waals surface area contributed by atoms with Gasteiger partial charge in [0.25, 0.3) is 0 Å². The minimum Gasteiger partial charge on any atom is -0.485 e. The summed E-state index contributed by atoms with van der Waals surface area (Å²) in [5, 5.41) is 13.1. The number of nitrogens with zero attached hydrogens (tertiary/aromatic N) is 3. The van der Waals surface area contributed by atoms with E-state index in [1.54, 1.807) is 10.6 Å². The van der Waals surface area contributed by atoms with Gasteiger partial charge in [0.2, 0.25) is 5.91 Å². The highest BCUT2D eigenvalue weighted by Crippen LogP contribution is 2.38. The molecule has 11 heteroatoms. The maximum atomic E-state index is 12.7. The van der Waals surface area contributed by atoms with Crippen LogP contribution in [0.3, 0.4) is 0 Å². The molecule has 0 radical (unpaired) electrons. The number of halogens is 1. The van der Waals surface area contributed by atoms with Gasteiger partial charge in [0, 0.05) is 16.9 Å². The molecule has 4 rings (SSSR count). The molecule has 2 heterocycles. The number of carbonyl (C=O) groups excluding carboxylic acids is 2. The zero-order chi connectivity index (χ0) is 24.2. The average Bonchev–Trinajstić information content (AvgIpc) is 3.36. The minimum absolute atomic E-state index is 0.131. The van der Waals surface area contributed by atoms with Gasteiger partial charge in [-0.2, -0.15) is 0 Å². The van der Waals surface area contributed by atoms with Crippen molar-refractivity contribution in [1.29, 1.82) is 0 Å². The van der Waals surface area contributed by atoms with Crippen LogP contribution >= 0.6 is 34.7 Å². The van der Waals surface area contributed by atoms with E-state index in [1.807, 2.05) is 26.1 Å². The van der Waals surface area contributed by atoms with E-state index in [1.165, 1.54) is 30.2 Å². The van der Waals surface area contributed by atoms with Gasteiger partial charge in [-0.1, -0.05) is 23.4 Å². The van der Waals surface area contributed by atoms with Crippen molar-refractivity contribution in [3.05, 3.63) is 50.6 Å². The Labute approximate surface area is 211 Å². The maximum absolute atomic E-state index is 12.7. The second-order valence-electron chi connectivity index (χ2n) is 7.90. The number of hydrogen-bond donors (Lipinski definition) is 1. The first-order valence-electron chi connectivity index (χ1n) is 10.8. The molecule has 1 aliphatic carbocycles. The Kier molecular flexibility index (Phi) is 7.80. The van der Waals surface area contributed by atoms with Gasteiger partial charge in [0.05, 0.1) is 18.4 Å². The third-order valence-corrected chi connectivity index (χ3v) is 8.03. The van der Waals surface area contributed by atoms with E-state index in [2.05, 4.69) is 15.5 Å². The molecule has 8 nitrogen and oxygen atoms in total. The van der Waals surface area contributed by atoms with Crippen LogP contribution in [0.25, 0.3) is 0 Å². The van der Waals surface area contributed by atoms with E-state index in [-0.39, 0.29) is 18.3 Å². The van der Waals surface area contributed by atoms with Crippen molar-refractivity contribution in [2.45, 2.75) is 44.4 Å². The molecule has 0 unspecified atom stereocenters. The Morgan fingerprint density at radius 2 is 2.06 bits per heavy atom. The number of aryl methyl sites for hydroxylation is 2. The number of benzene rings is 1. The predicted octanol–water partition coefficient (Wildman–Crippen LogP) is 4.81. The summed E-state index contributed by atoms with van der Waals surface area (Å²) in [4.78, 5) is 26.2. The van der Waals surface area contributed by atoms with Gasteiger partial charge < -0.3 is 19.4 Å². The lowest BCUT2D eigenvalue weighted by Gasteiger charge is -2.11. The molecule has 180 valence electrons. The normalized spacial score (nSPS) is 12.8. The van der Waals surface area contributed by atoms with Crippen LogP contribution < -0.4 is 10.1 Å². The number of rotatable bonds is 8. The molecule has 0 saturated heterocycles. The Morgan fingerprint density at radius 3 is 2.82 bits per heavy atom. The minimum atomic E-state index is -0.406. The molecule has 2 aromatic heterocycles. The van der Waals surface area contributed by atoms with Crippen molar-refractivity contribution in [3.8, 4) is 5.75 Å². The molecular formula is C23H25ClN4O4S2. The molecule has 0 atom stereocenters. The third kappa shape index (κ3) is 5.39. The maximum Gasteiger partial charge on any atom is 0.341 e. The summed E-state index contributed by atoms with van der Waals surface area (Å²) in [6, 6.07) is 5.43. The Bertz CT molecular complexity index is 1220. The van der Waals surface area contributed by atoms with Crippen molar-refractivity contribution >= 4 is 51.6 Å². The monoisotopic (exact) mass is 520 g/mol. The fourth-order valence-corrected chi connectivity index (χ4v) is 6.03. The topological polar surface area (TPSA) is 95.3 Å². The molecular weight excluding hydrogens is 496 g/mol. The van der Waals surface area contributed by atoms with Crippen molar-refractivity contribution in [1.82, 2.24) is 14.8 Å². The summed E-state index contributed by atoms with van der Waals surface area (Å²) in [5.74, 6) is 0.867. The van der Waals surface area contributed by atoms with Crippen molar-refractivity contribution < 1.29 is 19.1 Å². The van der Waals surface area contributed by atoms with Gasteiger partial charge in [0.1, 0.15) is 17.4 Å². The molecule has 1 aromatic carbocycles. The SMILES string of the molecule is COC(=O)c1c(NC(=O)CSc2nnc(COc3ccc(Cl)cc3C)n2C)sc2c1CCCC2. The van der Waals surface area contributed by atoms with Crippen LogP contribution in [0.5, 0.6) is 5.75 Å². The van der Waals surface area contributed by atoms with Gasteiger partial charge in [0.15, 0.2) is 11.0 Å². The van der Waals surface area contributed by atoms with Crippen LogP contribution in [-0.2, 0) is 36.0 Å². The van der Waals surface area contributed by atoms with Crippen LogP contribution in [0.2, 0.25) is 5.02 Å². The van der Waals surface area contributed by atoms with Crippen LogP contribution in [0.15, 0.2) is 23.4 Å². The first kappa shape index (κ1) is 24.6. The zero-order valence-electron chi connectivity index (χ0n) is 19.1. The largest absolute Gasteiger partial charge is 0.485 e. The third-order valence-electron chi connectivity index (χ3n) is 5.56. The molecule has 1 amide bonds. The van der Waals surface area contributed by atoms with E-state index in [9.17, 15) is 9.59 Å². The van der Waals surface area contributed by atoms with Gasteiger partial charge >= 0.3 is 5.97 Å². The molecule has 0 aliphatic heterocycles. The molecule has 3 aromatic rings. The quantitative estimate of drug-likeness (QED) is 0.336. The second kappa shape index (κ2) is 10.8. The number of esters is 1. The van der Waals surface area contributed by atoms with E-state index in [0.29, 0.717) is 26.6 Å². The van der Waals surface area contributed by atoms with Gasteiger partial charge in [-0.25, -0.2) is 4.79 Å². The fraction of sp³-hybridized carbons (Fsp3) is 0.391. The van der Waals surface area contributed by atoms with Crippen molar-refractivity contribution in [2.24, 2.45) is 7.05 Å². The predicted molar refractivity (Wildman–Crippen MR) is 133 cm³/mol. The summed E-state index contributed by atoms with van der Waals surface area (Å²) in [7, 11) is 3.19. The van der Waals surface area contributed by atoms with Crippen LogP contribution in [-0.4, -0.2) is 39.5 Å². The smallest absolute Gasteiger partial charge is 0.341 e. The van der Waals surface area contributed by atoms with Crippen LogP contribution in [0, 0.1) is 6.92 Å². The molecule has 34 heavy (non-hydrogen) atoms. The summed E-state index contributed by atoms with van der Waals surface area (Å²) in [6.07, 6.45) is 3.88. The number of aromatic nitrogens is 3. The highest BCUT2D eigenvalue weighted by atomic mass is 35.5. The second-order valence-corrected chi connectivity index (χ2v) is 10.4. The summed E-state index contributed by atoms with van der Waals surface area (Å²) in [5.41, 5.74) is 2.44. The van der Waals surface area contributed by atoms with Gasteiger partial charge in [-0.05, 0) is 61.9 Å². The number of carbonyl (C=O) groups is 2. The summed E-state index contributed by atoms with van der Waals surface area (Å²) >= 11 is 8.73. The first-order chi connectivity index (χ1) is 16.4. The lowest BCUT2D eigenvalue weighted by Crippen LogP contribution is -2.17. The standard InChI is InChI=1S/C23H25ClN4O4S2/c1-13-10-14(24)8-9-16(13)32-11-18-26-27-23(28(18)2)33-12-19(29)25-21-20(22(30)31-3)15-6-4-5-7-17(15)34-21/h8-10H,4-7,11-12H2,1-3H3,(H,25,29). The molecule has 0 fully saturated rings. The van der Waals surface area contributed by atoms with Crippen molar-refractivity contribution in [2.75, 3.05) is 18.2 Å². The summed E-state index contributed by atoms with van der Waals surface area (Å²) < 4.78 is 12.6. The molecule has 0 bridgehead atoms. The number of fused-ring (bicyclic) bond motifs is 1. The average molecular weight is 521 g/mol. The number of thioether (sulfide) groups is 1. The van der Waals surface area contributed by atoms with E-state index < -0.39 is 5.97 Å². The number of hydrogen-bond acceptors (Lipinski definition) is 8. The Hall–Kier alpha value is -2.56. The highest BCUT2D eigenvalue weighted by molar-refractivity contribution is 7.99. The van der Waals surface area contributed by atoms with E-state index >= 15 is 0 Å². The molecule has 0 saturated carbocycles. The first-order valence-corrected chi connectivity index (χ1v) is 13.0.